The zero-order chi connectivity index (χ0) is 18.5. The first-order valence-electron chi connectivity index (χ1n) is 8.16. The summed E-state index contributed by atoms with van der Waals surface area (Å²) >= 11 is 0. The third-order valence-electron chi connectivity index (χ3n) is 3.79. The van der Waals surface area contributed by atoms with Crippen LogP contribution in [0.25, 0.3) is 0 Å². The Labute approximate surface area is 144 Å². The summed E-state index contributed by atoms with van der Waals surface area (Å²) in [7, 11) is 1.72. The number of ether oxygens (including phenoxy) is 1. The van der Waals surface area contributed by atoms with E-state index in [1.54, 1.807) is 63.9 Å². The number of carbonyl (C=O) groups is 3. The van der Waals surface area contributed by atoms with Gasteiger partial charge in [0.15, 0.2) is 5.78 Å². The molecule has 1 amide bonds. The van der Waals surface area contributed by atoms with Gasteiger partial charge in [0.05, 0.1) is 5.41 Å². The molecular weight excluding hydrogens is 306 g/mol. The van der Waals surface area contributed by atoms with E-state index in [0.29, 0.717) is 17.9 Å². The van der Waals surface area contributed by atoms with Gasteiger partial charge in [-0.25, -0.2) is 0 Å². The molecule has 0 N–H and O–H groups in total. The number of ketones is 1. The topological polar surface area (TPSA) is 63.7 Å². The molecule has 5 nitrogen and oxygen atoms in total. The van der Waals surface area contributed by atoms with Crippen molar-refractivity contribution in [2.75, 3.05) is 13.6 Å². The first-order valence-corrected chi connectivity index (χ1v) is 8.16. The molecule has 0 aliphatic carbocycles. The van der Waals surface area contributed by atoms with E-state index in [-0.39, 0.29) is 24.1 Å². The van der Waals surface area contributed by atoms with E-state index in [0.717, 1.165) is 0 Å². The van der Waals surface area contributed by atoms with Crippen LogP contribution in [0, 0.1) is 11.3 Å². The zero-order valence-electron chi connectivity index (χ0n) is 15.4. The number of benzene rings is 1. The number of hydrogen-bond donors (Lipinski definition) is 0. The summed E-state index contributed by atoms with van der Waals surface area (Å²) in [5, 5.41) is 0. The summed E-state index contributed by atoms with van der Waals surface area (Å²) in [6.45, 7) is 9.59. The lowest BCUT2D eigenvalue weighted by Crippen LogP contribution is -2.29. The maximum absolute atomic E-state index is 12.4. The zero-order valence-corrected chi connectivity index (χ0v) is 15.4. The van der Waals surface area contributed by atoms with Gasteiger partial charge in [-0.1, -0.05) is 6.92 Å². The first-order chi connectivity index (χ1) is 11.1. The average Bonchev–Trinajstić information content (AvgIpc) is 2.52. The highest BCUT2D eigenvalue weighted by atomic mass is 16.5. The number of Topliss-reactive ketones (excluding diaryl/α,β-unsaturated/α-hetero) is 1. The Kier molecular flexibility index (Phi) is 6.70. The molecule has 0 saturated heterocycles. The summed E-state index contributed by atoms with van der Waals surface area (Å²) in [5.74, 6) is -0.464. The second-order valence-electron chi connectivity index (χ2n) is 7.04. The molecule has 0 aliphatic heterocycles. The second kappa shape index (κ2) is 8.08. The molecule has 1 atom stereocenters. The minimum Gasteiger partial charge on any atom is -0.426 e. The van der Waals surface area contributed by atoms with E-state index in [2.05, 4.69) is 0 Å². The number of amides is 1. The van der Waals surface area contributed by atoms with E-state index in [9.17, 15) is 14.4 Å². The van der Waals surface area contributed by atoms with Crippen LogP contribution in [0.5, 0.6) is 5.75 Å². The molecule has 132 valence electrons. The summed E-state index contributed by atoms with van der Waals surface area (Å²) in [5.41, 5.74) is -0.0840. The molecule has 0 spiro atoms. The Balaban J connectivity index is 2.73. The van der Waals surface area contributed by atoms with Crippen molar-refractivity contribution in [3.8, 4) is 5.75 Å². The van der Waals surface area contributed by atoms with E-state index in [1.165, 1.54) is 0 Å². The van der Waals surface area contributed by atoms with Gasteiger partial charge in [-0.05, 0) is 52.0 Å². The quantitative estimate of drug-likeness (QED) is 0.455. The molecule has 5 heteroatoms. The Bertz CT molecular complexity index is 599. The SMILES string of the molecule is CCN(C)C(=O)CC(C)C(=O)c1ccc(OC(=O)C(C)(C)C)cc1. The van der Waals surface area contributed by atoms with Crippen molar-refractivity contribution < 1.29 is 19.1 Å². The summed E-state index contributed by atoms with van der Waals surface area (Å²) in [6.07, 6.45) is 0.184. The normalized spacial score (nSPS) is 12.4. The van der Waals surface area contributed by atoms with Crippen LogP contribution in [-0.4, -0.2) is 36.2 Å². The molecule has 0 heterocycles. The van der Waals surface area contributed by atoms with Gasteiger partial charge < -0.3 is 9.64 Å². The summed E-state index contributed by atoms with van der Waals surface area (Å²) in [6, 6.07) is 6.45. The Morgan fingerprint density at radius 1 is 1.12 bits per heavy atom. The van der Waals surface area contributed by atoms with Gasteiger partial charge in [0.1, 0.15) is 5.75 Å². The molecule has 0 fully saturated rings. The van der Waals surface area contributed by atoms with Crippen LogP contribution in [0.1, 0.15) is 51.4 Å². The largest absolute Gasteiger partial charge is 0.426 e. The van der Waals surface area contributed by atoms with Crippen molar-refractivity contribution in [3.05, 3.63) is 29.8 Å². The highest BCUT2D eigenvalue weighted by Gasteiger charge is 2.24. The fourth-order valence-electron chi connectivity index (χ4n) is 1.92. The Morgan fingerprint density at radius 3 is 2.12 bits per heavy atom. The van der Waals surface area contributed by atoms with Gasteiger partial charge >= 0.3 is 5.97 Å². The van der Waals surface area contributed by atoms with Crippen molar-refractivity contribution in [1.29, 1.82) is 0 Å². The lowest BCUT2D eigenvalue weighted by molar-refractivity contribution is -0.143. The highest BCUT2D eigenvalue weighted by molar-refractivity contribution is 5.99. The van der Waals surface area contributed by atoms with Crippen LogP contribution in [0.2, 0.25) is 0 Å². The van der Waals surface area contributed by atoms with E-state index in [1.807, 2.05) is 6.92 Å². The number of carbonyl (C=O) groups excluding carboxylic acids is 3. The van der Waals surface area contributed by atoms with Gasteiger partial charge in [0.2, 0.25) is 5.91 Å². The lowest BCUT2D eigenvalue weighted by Gasteiger charge is -2.18. The van der Waals surface area contributed by atoms with Crippen molar-refractivity contribution in [2.24, 2.45) is 11.3 Å². The van der Waals surface area contributed by atoms with Gasteiger partial charge in [0, 0.05) is 31.5 Å². The fraction of sp³-hybridized carbons (Fsp3) is 0.526. The van der Waals surface area contributed by atoms with Crippen LogP contribution < -0.4 is 4.74 Å². The van der Waals surface area contributed by atoms with Crippen molar-refractivity contribution in [3.63, 3.8) is 0 Å². The molecule has 1 unspecified atom stereocenters. The van der Waals surface area contributed by atoms with Crippen LogP contribution >= 0.6 is 0 Å². The fourth-order valence-corrected chi connectivity index (χ4v) is 1.92. The number of esters is 1. The number of hydrogen-bond acceptors (Lipinski definition) is 4. The van der Waals surface area contributed by atoms with E-state index >= 15 is 0 Å². The minimum atomic E-state index is -0.589. The van der Waals surface area contributed by atoms with E-state index in [4.69, 9.17) is 4.74 Å². The molecule has 0 saturated carbocycles. The van der Waals surface area contributed by atoms with Crippen LogP contribution in [0.3, 0.4) is 0 Å². The number of rotatable bonds is 6. The minimum absolute atomic E-state index is 0.0472. The van der Waals surface area contributed by atoms with Crippen molar-refractivity contribution >= 4 is 17.7 Å². The standard InChI is InChI=1S/C19H27NO4/c1-7-20(6)16(21)12-13(2)17(22)14-8-10-15(11-9-14)24-18(23)19(3,4)5/h8-11,13H,7,12H2,1-6H3. The predicted octanol–water partition coefficient (Wildman–Crippen LogP) is 3.33. The van der Waals surface area contributed by atoms with Crippen LogP contribution in [0.15, 0.2) is 24.3 Å². The Morgan fingerprint density at radius 2 is 1.67 bits per heavy atom. The predicted molar refractivity (Wildman–Crippen MR) is 93.0 cm³/mol. The van der Waals surface area contributed by atoms with Crippen molar-refractivity contribution in [1.82, 2.24) is 4.90 Å². The Hall–Kier alpha value is -2.17. The van der Waals surface area contributed by atoms with Gasteiger partial charge in [0.25, 0.3) is 0 Å². The third kappa shape index (κ3) is 5.48. The van der Waals surface area contributed by atoms with Gasteiger partial charge in [-0.15, -0.1) is 0 Å². The van der Waals surface area contributed by atoms with E-state index < -0.39 is 11.3 Å². The third-order valence-corrected chi connectivity index (χ3v) is 3.79. The van der Waals surface area contributed by atoms with Crippen LogP contribution in [0.4, 0.5) is 0 Å². The summed E-state index contributed by atoms with van der Waals surface area (Å²) in [4.78, 5) is 37.8. The smallest absolute Gasteiger partial charge is 0.316 e. The second-order valence-corrected chi connectivity index (χ2v) is 7.04. The molecule has 1 rings (SSSR count). The molecule has 0 aromatic heterocycles. The maximum atomic E-state index is 12.4. The molecule has 0 radical (unpaired) electrons. The molecule has 24 heavy (non-hydrogen) atoms. The monoisotopic (exact) mass is 333 g/mol. The first kappa shape index (κ1) is 19.9. The molecule has 1 aromatic carbocycles. The average molecular weight is 333 g/mol. The highest BCUT2D eigenvalue weighted by Crippen LogP contribution is 2.21. The van der Waals surface area contributed by atoms with Crippen molar-refractivity contribution in [2.45, 2.75) is 41.0 Å². The van der Waals surface area contributed by atoms with Gasteiger partial charge in [-0.2, -0.15) is 0 Å². The van der Waals surface area contributed by atoms with Gasteiger partial charge in [-0.3, -0.25) is 14.4 Å². The maximum Gasteiger partial charge on any atom is 0.316 e. The lowest BCUT2D eigenvalue weighted by atomic mass is 9.95. The molecule has 1 aromatic rings. The van der Waals surface area contributed by atoms with Crippen LogP contribution in [-0.2, 0) is 9.59 Å². The molecule has 0 aliphatic rings. The number of nitrogens with zero attached hydrogens (tertiary/aromatic N) is 1. The summed E-state index contributed by atoms with van der Waals surface area (Å²) < 4.78 is 5.27. The molecule has 0 bridgehead atoms. The molecular formula is C19H27NO4.